The van der Waals surface area contributed by atoms with Crippen molar-refractivity contribution in [3.63, 3.8) is 0 Å². The van der Waals surface area contributed by atoms with Crippen LogP contribution in [0.15, 0.2) is 36.7 Å². The van der Waals surface area contributed by atoms with E-state index in [9.17, 15) is 14.7 Å². The van der Waals surface area contributed by atoms with E-state index >= 15 is 0 Å². The molecule has 1 amide bonds. The van der Waals surface area contributed by atoms with E-state index in [1.807, 2.05) is 12.1 Å². The van der Waals surface area contributed by atoms with Crippen LogP contribution < -0.4 is 10.6 Å². The molecule has 0 radical (unpaired) electrons. The highest BCUT2D eigenvalue weighted by Crippen LogP contribution is 2.48. The average Bonchev–Trinajstić information content (AvgIpc) is 3.65. The fourth-order valence-corrected chi connectivity index (χ4v) is 5.36. The molecule has 2 saturated carbocycles. The SMILES string of the molecule is O=C(O)C(CCOC1CC(CCc2ccc3c(n2)NCCC3)C1)NC(=O)C1(Cc2cccnc2)CC1. The third kappa shape index (κ3) is 6.03. The predicted molar refractivity (Wildman–Crippen MR) is 136 cm³/mol. The number of nitrogens with one attached hydrogen (secondary N) is 2. The standard InChI is InChI=1S/C28H36N4O4/c33-26(34)24(32-27(35)28(10-11-28)17-20-3-1-12-29-18-20)9-14-36-23-15-19(16-23)5-7-22-8-6-21-4-2-13-30-25(21)31-22/h1,3,6,8,12,18-19,23-24H,2,4-5,7,9-11,13-17H2,(H,30,31)(H,32,35)(H,33,34). The Hall–Kier alpha value is -3.00. The van der Waals surface area contributed by atoms with Crippen molar-refractivity contribution in [1.29, 1.82) is 0 Å². The van der Waals surface area contributed by atoms with Gasteiger partial charge >= 0.3 is 5.97 Å². The summed E-state index contributed by atoms with van der Waals surface area (Å²) in [5.74, 6) is 0.493. The maximum absolute atomic E-state index is 12.9. The number of anilines is 1. The number of carbonyl (C=O) groups is 2. The maximum atomic E-state index is 12.9. The van der Waals surface area contributed by atoms with Crippen molar-refractivity contribution in [1.82, 2.24) is 15.3 Å². The molecule has 1 aliphatic heterocycles. The molecule has 0 bridgehead atoms. The normalized spacial score (nSPS) is 22.4. The number of fused-ring (bicyclic) bond motifs is 1. The molecule has 2 aromatic rings. The van der Waals surface area contributed by atoms with Gasteiger partial charge in [-0.05, 0) is 87.0 Å². The quantitative estimate of drug-likeness (QED) is 0.415. The van der Waals surface area contributed by atoms with Crippen LogP contribution >= 0.6 is 0 Å². The van der Waals surface area contributed by atoms with Crippen LogP contribution in [0.3, 0.4) is 0 Å². The summed E-state index contributed by atoms with van der Waals surface area (Å²) in [6.45, 7) is 1.34. The molecular weight excluding hydrogens is 456 g/mol. The zero-order valence-corrected chi connectivity index (χ0v) is 20.7. The van der Waals surface area contributed by atoms with Gasteiger partial charge in [-0.1, -0.05) is 12.1 Å². The summed E-state index contributed by atoms with van der Waals surface area (Å²) in [5.41, 5.74) is 2.96. The number of ether oxygens (including phenoxy) is 1. The molecule has 2 fully saturated rings. The molecule has 36 heavy (non-hydrogen) atoms. The van der Waals surface area contributed by atoms with Gasteiger partial charge in [0.05, 0.1) is 11.5 Å². The minimum absolute atomic E-state index is 0.173. The Labute approximate surface area is 212 Å². The van der Waals surface area contributed by atoms with Crippen molar-refractivity contribution in [2.24, 2.45) is 11.3 Å². The Morgan fingerprint density at radius 3 is 2.86 bits per heavy atom. The van der Waals surface area contributed by atoms with Crippen LogP contribution in [-0.4, -0.2) is 52.2 Å². The minimum Gasteiger partial charge on any atom is -0.480 e. The highest BCUT2D eigenvalue weighted by atomic mass is 16.5. The second kappa shape index (κ2) is 10.9. The molecule has 2 aliphatic carbocycles. The summed E-state index contributed by atoms with van der Waals surface area (Å²) < 4.78 is 5.95. The summed E-state index contributed by atoms with van der Waals surface area (Å²) in [6.07, 6.45) is 12.4. The van der Waals surface area contributed by atoms with Gasteiger partial charge in [-0.25, -0.2) is 9.78 Å². The van der Waals surface area contributed by atoms with Gasteiger partial charge in [-0.3, -0.25) is 9.78 Å². The Balaban J connectivity index is 1.00. The number of pyridine rings is 2. The molecule has 3 heterocycles. The average molecular weight is 493 g/mol. The van der Waals surface area contributed by atoms with Crippen molar-refractivity contribution in [3.8, 4) is 0 Å². The first-order valence-electron chi connectivity index (χ1n) is 13.3. The van der Waals surface area contributed by atoms with Gasteiger partial charge < -0.3 is 20.5 Å². The third-order valence-corrected chi connectivity index (χ3v) is 7.92. The molecule has 8 heteroatoms. The maximum Gasteiger partial charge on any atom is 0.326 e. The summed E-state index contributed by atoms with van der Waals surface area (Å²) in [7, 11) is 0. The molecule has 3 aliphatic rings. The van der Waals surface area contributed by atoms with Gasteiger partial charge in [0.15, 0.2) is 0 Å². The van der Waals surface area contributed by atoms with E-state index in [-0.39, 0.29) is 18.4 Å². The Bertz CT molecular complexity index is 1070. The molecule has 2 aromatic heterocycles. The number of hydrogen-bond donors (Lipinski definition) is 3. The van der Waals surface area contributed by atoms with E-state index in [1.54, 1.807) is 12.4 Å². The Morgan fingerprint density at radius 1 is 1.25 bits per heavy atom. The summed E-state index contributed by atoms with van der Waals surface area (Å²) in [4.78, 5) is 33.5. The molecule has 5 rings (SSSR count). The van der Waals surface area contributed by atoms with Crippen molar-refractivity contribution < 1.29 is 19.4 Å². The zero-order chi connectivity index (χ0) is 25.0. The molecule has 0 spiro atoms. The second-order valence-corrected chi connectivity index (χ2v) is 10.7. The molecule has 192 valence electrons. The Kier molecular flexibility index (Phi) is 7.51. The number of carboxylic acids is 1. The number of carboxylic acid groups (broad SMARTS) is 1. The van der Waals surface area contributed by atoms with Gasteiger partial charge in [0.25, 0.3) is 0 Å². The number of aromatic nitrogens is 2. The number of aryl methyl sites for hydroxylation is 2. The minimum atomic E-state index is -1.01. The van der Waals surface area contributed by atoms with Gasteiger partial charge in [0.2, 0.25) is 5.91 Å². The molecule has 8 nitrogen and oxygen atoms in total. The summed E-state index contributed by atoms with van der Waals surface area (Å²) in [5, 5.41) is 15.8. The van der Waals surface area contributed by atoms with E-state index < -0.39 is 17.4 Å². The molecule has 1 unspecified atom stereocenters. The van der Waals surface area contributed by atoms with Crippen LogP contribution in [0.4, 0.5) is 5.82 Å². The lowest BCUT2D eigenvalue weighted by atomic mass is 9.79. The second-order valence-electron chi connectivity index (χ2n) is 10.7. The Morgan fingerprint density at radius 2 is 2.11 bits per heavy atom. The van der Waals surface area contributed by atoms with Crippen LogP contribution in [-0.2, 0) is 33.6 Å². The van der Waals surface area contributed by atoms with Crippen LogP contribution in [0.1, 0.15) is 61.8 Å². The van der Waals surface area contributed by atoms with Gasteiger partial charge in [0, 0.05) is 37.7 Å². The summed E-state index contributed by atoms with van der Waals surface area (Å²) >= 11 is 0. The topological polar surface area (TPSA) is 113 Å². The number of carbonyl (C=O) groups excluding carboxylic acids is 1. The third-order valence-electron chi connectivity index (χ3n) is 7.92. The van der Waals surface area contributed by atoms with Crippen molar-refractivity contribution in [2.75, 3.05) is 18.5 Å². The number of nitrogens with zero attached hydrogens (tertiary/aromatic N) is 2. The predicted octanol–water partition coefficient (Wildman–Crippen LogP) is 3.54. The largest absolute Gasteiger partial charge is 0.480 e. The molecule has 1 atom stereocenters. The van der Waals surface area contributed by atoms with E-state index in [1.165, 1.54) is 12.0 Å². The monoisotopic (exact) mass is 492 g/mol. The lowest BCUT2D eigenvalue weighted by Gasteiger charge is -2.35. The highest BCUT2D eigenvalue weighted by Gasteiger charge is 2.50. The lowest BCUT2D eigenvalue weighted by Crippen LogP contribution is -2.45. The van der Waals surface area contributed by atoms with Crippen LogP contribution in [0.2, 0.25) is 0 Å². The van der Waals surface area contributed by atoms with Crippen molar-refractivity contribution in [3.05, 3.63) is 53.5 Å². The number of hydrogen-bond acceptors (Lipinski definition) is 6. The van der Waals surface area contributed by atoms with E-state index in [2.05, 4.69) is 27.8 Å². The first kappa shape index (κ1) is 24.7. The number of aliphatic carboxylic acids is 1. The van der Waals surface area contributed by atoms with Gasteiger partial charge in [-0.2, -0.15) is 0 Å². The first-order valence-corrected chi connectivity index (χ1v) is 13.3. The first-order chi connectivity index (χ1) is 17.5. The number of rotatable bonds is 12. The van der Waals surface area contributed by atoms with Crippen LogP contribution in [0.25, 0.3) is 0 Å². The van der Waals surface area contributed by atoms with Crippen LogP contribution in [0.5, 0.6) is 0 Å². The fourth-order valence-electron chi connectivity index (χ4n) is 5.36. The van der Waals surface area contributed by atoms with Crippen molar-refractivity contribution >= 4 is 17.7 Å². The summed E-state index contributed by atoms with van der Waals surface area (Å²) in [6, 6.07) is 7.24. The van der Waals surface area contributed by atoms with Gasteiger partial charge in [0.1, 0.15) is 11.9 Å². The van der Waals surface area contributed by atoms with Gasteiger partial charge in [-0.15, -0.1) is 0 Å². The van der Waals surface area contributed by atoms with E-state index in [0.717, 1.165) is 68.6 Å². The van der Waals surface area contributed by atoms with Crippen LogP contribution in [0, 0.1) is 11.3 Å². The molecular formula is C28H36N4O4. The van der Waals surface area contributed by atoms with Crippen molar-refractivity contribution in [2.45, 2.75) is 76.4 Å². The molecule has 3 N–H and O–H groups in total. The smallest absolute Gasteiger partial charge is 0.326 e. The lowest BCUT2D eigenvalue weighted by molar-refractivity contribution is -0.143. The van der Waals surface area contributed by atoms with E-state index in [4.69, 9.17) is 9.72 Å². The molecule has 0 aromatic carbocycles. The molecule has 0 saturated heterocycles. The highest BCUT2D eigenvalue weighted by molar-refractivity contribution is 5.89. The zero-order valence-electron chi connectivity index (χ0n) is 20.7. The fraction of sp³-hybridized carbons (Fsp3) is 0.571. The van der Waals surface area contributed by atoms with E-state index in [0.29, 0.717) is 18.9 Å². The number of amides is 1.